The number of nitrogens with two attached hydrogens (primary N) is 1. The zero-order chi connectivity index (χ0) is 14.8. The fourth-order valence-electron chi connectivity index (χ4n) is 3.09. The molecule has 5 nitrogen and oxygen atoms in total. The van der Waals surface area contributed by atoms with E-state index in [-0.39, 0.29) is 0 Å². The van der Waals surface area contributed by atoms with E-state index in [9.17, 15) is 5.11 Å². The Morgan fingerprint density at radius 2 is 2.19 bits per heavy atom. The molecule has 21 heavy (non-hydrogen) atoms. The Morgan fingerprint density at radius 3 is 2.90 bits per heavy atom. The lowest BCUT2D eigenvalue weighted by molar-refractivity contribution is 0.0520. The minimum absolute atomic E-state index is 0.408. The molecule has 0 spiro atoms. The molecule has 1 aromatic carbocycles. The SMILES string of the molecule is CC(O)c1nc2cc(N)ccc2n1CCOC1CCCC1. The van der Waals surface area contributed by atoms with Gasteiger partial charge in [0.2, 0.25) is 0 Å². The van der Waals surface area contributed by atoms with Crippen LogP contribution in [0.25, 0.3) is 11.0 Å². The normalized spacial score (nSPS) is 17.6. The average Bonchev–Trinajstić information content (AvgIpc) is 3.06. The minimum atomic E-state index is -0.606. The third-order valence-electron chi connectivity index (χ3n) is 4.15. The van der Waals surface area contributed by atoms with Crippen LogP contribution >= 0.6 is 0 Å². The smallest absolute Gasteiger partial charge is 0.138 e. The summed E-state index contributed by atoms with van der Waals surface area (Å²) in [5, 5.41) is 9.93. The Bertz CT molecular complexity index is 615. The van der Waals surface area contributed by atoms with Crippen molar-refractivity contribution in [1.82, 2.24) is 9.55 Å². The molecule has 1 atom stereocenters. The first-order chi connectivity index (χ1) is 10.1. The van der Waals surface area contributed by atoms with Crippen LogP contribution in [0.5, 0.6) is 0 Å². The van der Waals surface area contributed by atoms with Crippen molar-refractivity contribution in [3.8, 4) is 0 Å². The molecule has 3 N–H and O–H groups in total. The number of aliphatic hydroxyl groups excluding tert-OH is 1. The van der Waals surface area contributed by atoms with E-state index in [4.69, 9.17) is 10.5 Å². The van der Waals surface area contributed by atoms with E-state index in [1.54, 1.807) is 6.92 Å². The van der Waals surface area contributed by atoms with Gasteiger partial charge >= 0.3 is 0 Å². The molecule has 1 aromatic heterocycles. The van der Waals surface area contributed by atoms with Crippen molar-refractivity contribution in [2.75, 3.05) is 12.3 Å². The summed E-state index contributed by atoms with van der Waals surface area (Å²) in [5.41, 5.74) is 8.31. The topological polar surface area (TPSA) is 73.3 Å². The Hall–Kier alpha value is -1.59. The largest absolute Gasteiger partial charge is 0.399 e. The molecule has 1 heterocycles. The van der Waals surface area contributed by atoms with Crippen molar-refractivity contribution in [1.29, 1.82) is 0 Å². The fraction of sp³-hybridized carbons (Fsp3) is 0.562. The monoisotopic (exact) mass is 289 g/mol. The van der Waals surface area contributed by atoms with Gasteiger partial charge in [0.1, 0.15) is 11.9 Å². The Morgan fingerprint density at radius 1 is 1.43 bits per heavy atom. The first kappa shape index (κ1) is 14.4. The lowest BCUT2D eigenvalue weighted by Crippen LogP contribution is -2.15. The van der Waals surface area contributed by atoms with Gasteiger partial charge in [-0.2, -0.15) is 0 Å². The number of benzene rings is 1. The number of aliphatic hydroxyl groups is 1. The summed E-state index contributed by atoms with van der Waals surface area (Å²) >= 11 is 0. The van der Waals surface area contributed by atoms with Gasteiger partial charge in [0, 0.05) is 12.2 Å². The molecular weight excluding hydrogens is 266 g/mol. The third kappa shape index (κ3) is 3.04. The summed E-state index contributed by atoms with van der Waals surface area (Å²) in [6, 6.07) is 5.67. The predicted octanol–water partition coefficient (Wildman–Crippen LogP) is 2.63. The highest BCUT2D eigenvalue weighted by molar-refractivity contribution is 5.79. The van der Waals surface area contributed by atoms with Crippen molar-refractivity contribution in [2.45, 2.75) is 51.4 Å². The molecule has 0 aliphatic heterocycles. The van der Waals surface area contributed by atoms with E-state index < -0.39 is 6.10 Å². The molecular formula is C16H23N3O2. The van der Waals surface area contributed by atoms with Crippen molar-refractivity contribution in [3.05, 3.63) is 24.0 Å². The molecule has 1 aliphatic rings. The van der Waals surface area contributed by atoms with E-state index in [0.717, 1.165) is 11.0 Å². The summed E-state index contributed by atoms with van der Waals surface area (Å²) < 4.78 is 7.96. The lowest BCUT2D eigenvalue weighted by atomic mass is 10.3. The molecule has 0 bridgehead atoms. The maximum atomic E-state index is 9.93. The van der Waals surface area contributed by atoms with Crippen molar-refractivity contribution in [3.63, 3.8) is 0 Å². The van der Waals surface area contributed by atoms with Crippen LogP contribution in [-0.2, 0) is 11.3 Å². The number of aromatic nitrogens is 2. The molecule has 1 unspecified atom stereocenters. The zero-order valence-corrected chi connectivity index (χ0v) is 12.5. The average molecular weight is 289 g/mol. The van der Waals surface area contributed by atoms with Crippen molar-refractivity contribution in [2.24, 2.45) is 0 Å². The number of hydrogen-bond acceptors (Lipinski definition) is 4. The van der Waals surface area contributed by atoms with Gasteiger partial charge in [-0.15, -0.1) is 0 Å². The predicted molar refractivity (Wildman–Crippen MR) is 83.0 cm³/mol. The van der Waals surface area contributed by atoms with Crippen LogP contribution in [0.3, 0.4) is 0 Å². The van der Waals surface area contributed by atoms with Crippen LogP contribution in [0.1, 0.15) is 44.5 Å². The molecule has 3 rings (SSSR count). The van der Waals surface area contributed by atoms with Gasteiger partial charge in [0.05, 0.1) is 23.7 Å². The van der Waals surface area contributed by atoms with Gasteiger partial charge in [0.15, 0.2) is 0 Å². The van der Waals surface area contributed by atoms with Gasteiger partial charge in [-0.3, -0.25) is 0 Å². The van der Waals surface area contributed by atoms with Crippen LogP contribution in [-0.4, -0.2) is 27.4 Å². The van der Waals surface area contributed by atoms with Gasteiger partial charge in [0.25, 0.3) is 0 Å². The Labute approximate surface area is 124 Å². The quantitative estimate of drug-likeness (QED) is 0.830. The number of anilines is 1. The summed E-state index contributed by atoms with van der Waals surface area (Å²) in [4.78, 5) is 4.50. The Kier molecular flexibility index (Phi) is 4.12. The van der Waals surface area contributed by atoms with Crippen LogP contribution in [0.4, 0.5) is 5.69 Å². The van der Waals surface area contributed by atoms with Gasteiger partial charge < -0.3 is 20.1 Å². The standard InChI is InChI=1S/C16H23N3O2/c1-11(20)16-18-14-10-12(17)6-7-15(14)19(16)8-9-21-13-4-2-3-5-13/h6-7,10-11,13,20H,2-5,8-9,17H2,1H3. The molecule has 1 saturated carbocycles. The van der Waals surface area contributed by atoms with E-state index in [1.807, 2.05) is 22.8 Å². The maximum Gasteiger partial charge on any atom is 0.138 e. The molecule has 1 fully saturated rings. The second-order valence-corrected chi connectivity index (χ2v) is 5.82. The summed E-state index contributed by atoms with van der Waals surface area (Å²) in [5.74, 6) is 0.672. The van der Waals surface area contributed by atoms with Crippen LogP contribution < -0.4 is 5.73 Å². The maximum absolute atomic E-state index is 9.93. The fourth-order valence-corrected chi connectivity index (χ4v) is 3.09. The summed E-state index contributed by atoms with van der Waals surface area (Å²) in [6.07, 6.45) is 4.69. The number of fused-ring (bicyclic) bond motifs is 1. The van der Waals surface area contributed by atoms with Crippen LogP contribution in [0.2, 0.25) is 0 Å². The van der Waals surface area contributed by atoms with Crippen molar-refractivity contribution >= 4 is 16.7 Å². The lowest BCUT2D eigenvalue weighted by Gasteiger charge is -2.14. The molecule has 114 valence electrons. The highest BCUT2D eigenvalue weighted by Gasteiger charge is 2.17. The second-order valence-electron chi connectivity index (χ2n) is 5.82. The molecule has 2 aromatic rings. The van der Waals surface area contributed by atoms with Crippen LogP contribution in [0, 0.1) is 0 Å². The van der Waals surface area contributed by atoms with E-state index >= 15 is 0 Å². The van der Waals surface area contributed by atoms with Gasteiger partial charge in [-0.25, -0.2) is 4.98 Å². The number of rotatable bonds is 5. The molecule has 0 saturated heterocycles. The minimum Gasteiger partial charge on any atom is -0.399 e. The van der Waals surface area contributed by atoms with Crippen LogP contribution in [0.15, 0.2) is 18.2 Å². The molecule has 0 radical (unpaired) electrons. The highest BCUT2D eigenvalue weighted by Crippen LogP contribution is 2.24. The number of nitrogens with zero attached hydrogens (tertiary/aromatic N) is 2. The first-order valence-electron chi connectivity index (χ1n) is 7.70. The number of hydrogen-bond donors (Lipinski definition) is 2. The summed E-state index contributed by atoms with van der Waals surface area (Å²) in [6.45, 7) is 3.09. The number of imidazole rings is 1. The summed E-state index contributed by atoms with van der Waals surface area (Å²) in [7, 11) is 0. The Balaban J connectivity index is 1.79. The number of nitrogen functional groups attached to an aromatic ring is 1. The van der Waals surface area contributed by atoms with E-state index in [2.05, 4.69) is 4.98 Å². The third-order valence-corrected chi connectivity index (χ3v) is 4.15. The van der Waals surface area contributed by atoms with Gasteiger partial charge in [-0.1, -0.05) is 12.8 Å². The molecule has 0 amide bonds. The zero-order valence-electron chi connectivity index (χ0n) is 12.5. The number of ether oxygens (including phenoxy) is 1. The van der Waals surface area contributed by atoms with Crippen molar-refractivity contribution < 1.29 is 9.84 Å². The van der Waals surface area contributed by atoms with Gasteiger partial charge in [-0.05, 0) is 38.0 Å². The van der Waals surface area contributed by atoms with E-state index in [0.29, 0.717) is 30.8 Å². The highest BCUT2D eigenvalue weighted by atomic mass is 16.5. The first-order valence-corrected chi connectivity index (χ1v) is 7.70. The molecule has 1 aliphatic carbocycles. The molecule has 5 heteroatoms. The second kappa shape index (κ2) is 6.03. The van der Waals surface area contributed by atoms with E-state index in [1.165, 1.54) is 25.7 Å².